The van der Waals surface area contributed by atoms with Crippen LogP contribution in [0.3, 0.4) is 0 Å². The van der Waals surface area contributed by atoms with Crippen LogP contribution in [0.2, 0.25) is 0 Å². The van der Waals surface area contributed by atoms with Gasteiger partial charge in [-0.25, -0.2) is 9.97 Å². The molecule has 2 unspecified atom stereocenters. The van der Waals surface area contributed by atoms with Gasteiger partial charge in [0.2, 0.25) is 0 Å². The van der Waals surface area contributed by atoms with E-state index in [1.807, 2.05) is 11.8 Å². The highest BCUT2D eigenvalue weighted by atomic mass is 32.2. The summed E-state index contributed by atoms with van der Waals surface area (Å²) >= 11 is 1.97. The molecule has 1 aromatic rings. The quantitative estimate of drug-likeness (QED) is 0.740. The molecule has 1 aromatic heterocycles. The van der Waals surface area contributed by atoms with E-state index in [9.17, 15) is 0 Å². The molecule has 2 rings (SSSR count). The molecule has 0 amide bonds. The molecule has 1 aliphatic rings. The molecule has 0 saturated carbocycles. The van der Waals surface area contributed by atoms with Crippen LogP contribution in [0.25, 0.3) is 0 Å². The van der Waals surface area contributed by atoms with Crippen molar-refractivity contribution in [3.8, 4) is 6.07 Å². The van der Waals surface area contributed by atoms with Crippen molar-refractivity contribution in [2.75, 3.05) is 17.2 Å². The molecule has 4 nitrogen and oxygen atoms in total. The van der Waals surface area contributed by atoms with E-state index >= 15 is 0 Å². The Morgan fingerprint density at radius 1 is 1.44 bits per heavy atom. The van der Waals surface area contributed by atoms with Crippen molar-refractivity contribution < 1.29 is 0 Å². The number of anilines is 1. The van der Waals surface area contributed by atoms with Gasteiger partial charge in [0, 0.05) is 36.0 Å². The average Bonchev–Trinajstić information content (AvgIpc) is 2.33. The van der Waals surface area contributed by atoms with Crippen molar-refractivity contribution in [3.05, 3.63) is 18.1 Å². The number of nitrogens with zero attached hydrogens (tertiary/aromatic N) is 4. The van der Waals surface area contributed by atoms with Gasteiger partial charge in [0.25, 0.3) is 0 Å². The van der Waals surface area contributed by atoms with Gasteiger partial charge < -0.3 is 4.90 Å². The van der Waals surface area contributed by atoms with Crippen molar-refractivity contribution >= 4 is 17.6 Å². The van der Waals surface area contributed by atoms with Gasteiger partial charge in [-0.05, 0) is 6.92 Å². The fourth-order valence-corrected chi connectivity index (χ4v) is 2.95. The highest BCUT2D eigenvalue weighted by molar-refractivity contribution is 8.00. The zero-order chi connectivity index (χ0) is 11.5. The molecular formula is C11H14N4S. The molecule has 2 heterocycles. The van der Waals surface area contributed by atoms with E-state index in [1.54, 1.807) is 12.4 Å². The van der Waals surface area contributed by atoms with Crippen LogP contribution in [-0.2, 0) is 0 Å². The second kappa shape index (κ2) is 4.71. The van der Waals surface area contributed by atoms with Gasteiger partial charge in [-0.15, -0.1) is 0 Å². The first-order chi connectivity index (χ1) is 7.74. The van der Waals surface area contributed by atoms with Gasteiger partial charge in [-0.2, -0.15) is 17.0 Å². The Morgan fingerprint density at radius 3 is 2.94 bits per heavy atom. The highest BCUT2D eigenvalue weighted by Gasteiger charge is 2.27. The van der Waals surface area contributed by atoms with Crippen LogP contribution < -0.4 is 4.90 Å². The first-order valence-electron chi connectivity index (χ1n) is 5.33. The van der Waals surface area contributed by atoms with Crippen LogP contribution in [0.4, 0.5) is 5.82 Å². The summed E-state index contributed by atoms with van der Waals surface area (Å²) in [6.45, 7) is 5.32. The van der Waals surface area contributed by atoms with Crippen LogP contribution in [0.15, 0.2) is 12.4 Å². The number of nitriles is 1. The summed E-state index contributed by atoms with van der Waals surface area (Å²) in [5.74, 6) is 1.80. The average molecular weight is 234 g/mol. The minimum absolute atomic E-state index is 0.391. The van der Waals surface area contributed by atoms with Gasteiger partial charge in [0.15, 0.2) is 11.5 Å². The van der Waals surface area contributed by atoms with Crippen molar-refractivity contribution in [1.82, 2.24) is 9.97 Å². The van der Waals surface area contributed by atoms with E-state index in [0.29, 0.717) is 17.0 Å². The second-order valence-corrected chi connectivity index (χ2v) is 5.34. The number of rotatable bonds is 1. The van der Waals surface area contributed by atoms with Gasteiger partial charge in [0.1, 0.15) is 6.07 Å². The lowest BCUT2D eigenvalue weighted by Gasteiger charge is -2.38. The third-order valence-electron chi connectivity index (χ3n) is 2.94. The van der Waals surface area contributed by atoms with E-state index in [1.165, 1.54) is 0 Å². The zero-order valence-corrected chi connectivity index (χ0v) is 10.2. The van der Waals surface area contributed by atoms with Crippen LogP contribution in [0.5, 0.6) is 0 Å². The molecule has 0 aromatic carbocycles. The first-order valence-corrected chi connectivity index (χ1v) is 6.38. The van der Waals surface area contributed by atoms with E-state index in [4.69, 9.17) is 5.26 Å². The Bertz CT molecular complexity index is 415. The lowest BCUT2D eigenvalue weighted by atomic mass is 10.2. The molecule has 0 bridgehead atoms. The van der Waals surface area contributed by atoms with Gasteiger partial charge >= 0.3 is 0 Å². The number of thioether (sulfide) groups is 1. The highest BCUT2D eigenvalue weighted by Crippen LogP contribution is 2.28. The minimum atomic E-state index is 0.391. The lowest BCUT2D eigenvalue weighted by molar-refractivity contribution is 0.618. The molecule has 0 spiro atoms. The topological polar surface area (TPSA) is 52.8 Å². The van der Waals surface area contributed by atoms with Crippen molar-refractivity contribution in [2.24, 2.45) is 0 Å². The Hall–Kier alpha value is -1.28. The van der Waals surface area contributed by atoms with E-state index in [-0.39, 0.29) is 0 Å². The van der Waals surface area contributed by atoms with Crippen LogP contribution in [0, 0.1) is 11.3 Å². The molecule has 1 aliphatic heterocycles. The standard InChI is InChI=1S/C11H14N4S/c1-8-9(2)16-6-5-15(8)11-10(7-12)13-3-4-14-11/h3-4,8-9H,5-6H2,1-2H3. The molecular weight excluding hydrogens is 220 g/mol. The van der Waals surface area contributed by atoms with Gasteiger partial charge in [0.05, 0.1) is 0 Å². The molecule has 84 valence electrons. The van der Waals surface area contributed by atoms with E-state index < -0.39 is 0 Å². The largest absolute Gasteiger partial charge is 0.350 e. The van der Waals surface area contributed by atoms with Crippen molar-refractivity contribution in [2.45, 2.75) is 25.1 Å². The van der Waals surface area contributed by atoms with Crippen LogP contribution in [0.1, 0.15) is 19.5 Å². The lowest BCUT2D eigenvalue weighted by Crippen LogP contribution is -2.45. The first kappa shape index (κ1) is 11.2. The monoisotopic (exact) mass is 234 g/mol. The predicted octanol–water partition coefficient (Wildman–Crippen LogP) is 1.68. The summed E-state index contributed by atoms with van der Waals surface area (Å²) in [6.07, 6.45) is 3.21. The Morgan fingerprint density at radius 2 is 2.19 bits per heavy atom. The fraction of sp³-hybridized carbons (Fsp3) is 0.545. The predicted molar refractivity (Wildman–Crippen MR) is 65.5 cm³/mol. The maximum atomic E-state index is 9.02. The third-order valence-corrected chi connectivity index (χ3v) is 4.28. The van der Waals surface area contributed by atoms with Crippen molar-refractivity contribution in [1.29, 1.82) is 5.26 Å². The number of hydrogen-bond donors (Lipinski definition) is 0. The van der Waals surface area contributed by atoms with Crippen LogP contribution in [-0.4, -0.2) is 33.6 Å². The summed E-state index contributed by atoms with van der Waals surface area (Å²) in [7, 11) is 0. The summed E-state index contributed by atoms with van der Waals surface area (Å²) in [4.78, 5) is 10.5. The molecule has 1 saturated heterocycles. The van der Waals surface area contributed by atoms with E-state index in [2.05, 4.69) is 34.8 Å². The Labute approximate surface area is 99.7 Å². The molecule has 2 atom stereocenters. The molecule has 0 aliphatic carbocycles. The Kier molecular flexibility index (Phi) is 3.30. The van der Waals surface area contributed by atoms with E-state index in [0.717, 1.165) is 18.1 Å². The van der Waals surface area contributed by atoms with Gasteiger partial charge in [-0.3, -0.25) is 0 Å². The molecule has 5 heteroatoms. The summed E-state index contributed by atoms with van der Waals surface area (Å²) in [5.41, 5.74) is 0.424. The number of hydrogen-bond acceptors (Lipinski definition) is 5. The number of aromatic nitrogens is 2. The zero-order valence-electron chi connectivity index (χ0n) is 9.42. The third kappa shape index (κ3) is 1.98. The maximum Gasteiger partial charge on any atom is 0.183 e. The smallest absolute Gasteiger partial charge is 0.183 e. The maximum absolute atomic E-state index is 9.02. The molecule has 1 fully saturated rings. The fourth-order valence-electron chi connectivity index (χ4n) is 1.85. The summed E-state index contributed by atoms with van der Waals surface area (Å²) in [6, 6.07) is 2.50. The Balaban J connectivity index is 2.33. The van der Waals surface area contributed by atoms with Crippen LogP contribution >= 0.6 is 11.8 Å². The second-order valence-electron chi connectivity index (χ2n) is 3.85. The minimum Gasteiger partial charge on any atom is -0.350 e. The summed E-state index contributed by atoms with van der Waals surface area (Å²) in [5, 5.41) is 9.57. The molecule has 0 N–H and O–H groups in total. The normalized spacial score (nSPS) is 25.2. The summed E-state index contributed by atoms with van der Waals surface area (Å²) < 4.78 is 0. The SMILES string of the molecule is CC1SCCN(c2nccnc2C#N)C1C. The molecule has 0 radical (unpaired) electrons. The molecule has 16 heavy (non-hydrogen) atoms. The van der Waals surface area contributed by atoms with Gasteiger partial charge in [-0.1, -0.05) is 6.92 Å². The van der Waals surface area contributed by atoms with Crippen molar-refractivity contribution in [3.63, 3.8) is 0 Å².